The molecule has 0 aliphatic rings. The van der Waals surface area contributed by atoms with Gasteiger partial charge in [0.05, 0.1) is 6.92 Å². The minimum atomic E-state index is -2.52. The standard InChI is InChI=1S/C10H10O8/c1-4-6(11)16-10(3,17-7(12)5-2)18-9(15)8(13)14/h4-5H,1-2H2,3H3,(H,13,14). The minimum Gasteiger partial charge on any atom is -0.473 e. The van der Waals surface area contributed by atoms with Crippen LogP contribution in [0.15, 0.2) is 25.3 Å². The van der Waals surface area contributed by atoms with Crippen LogP contribution in [-0.4, -0.2) is 35.0 Å². The molecule has 0 amide bonds. The number of rotatable bonds is 5. The van der Waals surface area contributed by atoms with Crippen molar-refractivity contribution in [1.29, 1.82) is 0 Å². The van der Waals surface area contributed by atoms with Gasteiger partial charge >= 0.3 is 29.9 Å². The van der Waals surface area contributed by atoms with Crippen molar-refractivity contribution in [2.24, 2.45) is 0 Å². The molecule has 18 heavy (non-hydrogen) atoms. The molecule has 98 valence electrons. The Labute approximate surface area is 101 Å². The van der Waals surface area contributed by atoms with E-state index in [1.54, 1.807) is 0 Å². The molecule has 0 spiro atoms. The zero-order valence-electron chi connectivity index (χ0n) is 9.37. The highest BCUT2D eigenvalue weighted by Gasteiger charge is 2.39. The van der Waals surface area contributed by atoms with Gasteiger partial charge < -0.3 is 19.3 Å². The van der Waals surface area contributed by atoms with E-state index in [-0.39, 0.29) is 0 Å². The number of carboxylic acids is 1. The van der Waals surface area contributed by atoms with Crippen LogP contribution in [0.1, 0.15) is 6.92 Å². The number of carbonyl (C=O) groups excluding carboxylic acids is 3. The van der Waals surface area contributed by atoms with Gasteiger partial charge in [0.15, 0.2) is 0 Å². The molecule has 0 aliphatic heterocycles. The first-order valence-electron chi connectivity index (χ1n) is 4.41. The fourth-order valence-corrected chi connectivity index (χ4v) is 0.723. The fourth-order valence-electron chi connectivity index (χ4n) is 0.723. The van der Waals surface area contributed by atoms with E-state index in [1.807, 2.05) is 0 Å². The van der Waals surface area contributed by atoms with E-state index < -0.39 is 29.9 Å². The summed E-state index contributed by atoms with van der Waals surface area (Å²) in [6.45, 7) is 6.99. The van der Waals surface area contributed by atoms with Crippen LogP contribution in [0.3, 0.4) is 0 Å². The van der Waals surface area contributed by atoms with Crippen LogP contribution in [0.4, 0.5) is 0 Å². The normalized spacial score (nSPS) is 9.83. The van der Waals surface area contributed by atoms with E-state index >= 15 is 0 Å². The average Bonchev–Trinajstić information content (AvgIpc) is 2.27. The van der Waals surface area contributed by atoms with Crippen molar-refractivity contribution in [3.8, 4) is 0 Å². The second kappa shape index (κ2) is 6.18. The maximum Gasteiger partial charge on any atom is 0.423 e. The predicted molar refractivity (Wildman–Crippen MR) is 54.7 cm³/mol. The Morgan fingerprint density at radius 1 is 1.00 bits per heavy atom. The third-order valence-electron chi connectivity index (χ3n) is 1.36. The molecular formula is C10H10O8. The fraction of sp³-hybridized carbons (Fsp3) is 0.200. The Bertz CT molecular complexity index is 386. The molecule has 0 rings (SSSR count). The summed E-state index contributed by atoms with van der Waals surface area (Å²) in [6, 6.07) is 0. The minimum absolute atomic E-state index is 0.703. The van der Waals surface area contributed by atoms with Gasteiger partial charge in [0, 0.05) is 12.2 Å². The van der Waals surface area contributed by atoms with E-state index in [4.69, 9.17) is 5.11 Å². The van der Waals surface area contributed by atoms with Crippen molar-refractivity contribution < 1.29 is 38.5 Å². The van der Waals surface area contributed by atoms with Gasteiger partial charge in [0.1, 0.15) is 0 Å². The number of aliphatic carboxylic acids is 1. The van der Waals surface area contributed by atoms with Crippen LogP contribution in [0.2, 0.25) is 0 Å². The highest BCUT2D eigenvalue weighted by Crippen LogP contribution is 2.16. The van der Waals surface area contributed by atoms with E-state index in [9.17, 15) is 19.2 Å². The van der Waals surface area contributed by atoms with Crippen LogP contribution in [0, 0.1) is 0 Å². The lowest BCUT2D eigenvalue weighted by Crippen LogP contribution is -2.42. The largest absolute Gasteiger partial charge is 0.473 e. The molecule has 0 saturated carbocycles. The molecule has 0 fully saturated rings. The summed E-state index contributed by atoms with van der Waals surface area (Å²) in [5.74, 6) is -8.43. The maximum absolute atomic E-state index is 11.0. The Morgan fingerprint density at radius 3 is 1.67 bits per heavy atom. The molecule has 0 heterocycles. The molecule has 0 aromatic rings. The molecule has 0 atom stereocenters. The first kappa shape index (κ1) is 15.4. The predicted octanol–water partition coefficient (Wildman–Crippen LogP) is -0.254. The molecule has 0 bridgehead atoms. The lowest BCUT2D eigenvalue weighted by atomic mass is 10.5. The highest BCUT2D eigenvalue weighted by molar-refractivity contribution is 6.28. The Hall–Kier alpha value is -2.64. The number of hydrogen-bond acceptors (Lipinski definition) is 7. The molecule has 8 nitrogen and oxygen atoms in total. The van der Waals surface area contributed by atoms with Gasteiger partial charge in [-0.2, -0.15) is 0 Å². The highest BCUT2D eigenvalue weighted by atomic mass is 16.9. The molecule has 0 radical (unpaired) electrons. The summed E-state index contributed by atoms with van der Waals surface area (Å²) in [6.07, 6.45) is 1.41. The lowest BCUT2D eigenvalue weighted by molar-refractivity contribution is -0.315. The molecule has 0 aromatic carbocycles. The number of carboxylic acid groups (broad SMARTS) is 1. The molecule has 0 aliphatic carbocycles. The lowest BCUT2D eigenvalue weighted by Gasteiger charge is -2.25. The topological polar surface area (TPSA) is 116 Å². The Balaban J connectivity index is 5.00. The van der Waals surface area contributed by atoms with Crippen molar-refractivity contribution in [1.82, 2.24) is 0 Å². The van der Waals surface area contributed by atoms with Crippen molar-refractivity contribution in [2.45, 2.75) is 12.9 Å². The summed E-state index contributed by atoms with van der Waals surface area (Å²) < 4.78 is 13.1. The van der Waals surface area contributed by atoms with Gasteiger partial charge in [-0.25, -0.2) is 19.2 Å². The van der Waals surface area contributed by atoms with Gasteiger partial charge in [-0.1, -0.05) is 13.2 Å². The second-order valence-electron chi connectivity index (χ2n) is 2.81. The quantitative estimate of drug-likeness (QED) is 0.310. The van der Waals surface area contributed by atoms with Gasteiger partial charge in [-0.05, 0) is 0 Å². The van der Waals surface area contributed by atoms with Crippen LogP contribution in [-0.2, 0) is 33.4 Å². The summed E-state index contributed by atoms with van der Waals surface area (Å²) in [5, 5.41) is 8.33. The molecule has 0 saturated heterocycles. The van der Waals surface area contributed by atoms with E-state index in [0.29, 0.717) is 12.2 Å². The molecule has 1 N–H and O–H groups in total. The summed E-state index contributed by atoms with van der Waals surface area (Å²) >= 11 is 0. The third kappa shape index (κ3) is 4.92. The zero-order chi connectivity index (χ0) is 14.3. The Morgan fingerprint density at radius 2 is 1.39 bits per heavy atom. The maximum atomic E-state index is 11.0. The summed E-state index contributed by atoms with van der Waals surface area (Å²) in [4.78, 5) is 43.0. The SMILES string of the molecule is C=CC(=O)OC(C)(OC(=O)C=C)OC(=O)C(=O)O. The third-order valence-corrected chi connectivity index (χ3v) is 1.36. The van der Waals surface area contributed by atoms with Crippen LogP contribution in [0.25, 0.3) is 0 Å². The number of hydrogen-bond donors (Lipinski definition) is 1. The average molecular weight is 258 g/mol. The van der Waals surface area contributed by atoms with Gasteiger partial charge in [0.25, 0.3) is 0 Å². The Kier molecular flexibility index (Phi) is 5.28. The second-order valence-corrected chi connectivity index (χ2v) is 2.81. The molecule has 0 unspecified atom stereocenters. The van der Waals surface area contributed by atoms with Gasteiger partial charge in [0.2, 0.25) is 0 Å². The molecule has 8 heteroatoms. The van der Waals surface area contributed by atoms with Crippen molar-refractivity contribution >= 4 is 23.9 Å². The van der Waals surface area contributed by atoms with E-state index in [1.165, 1.54) is 0 Å². The van der Waals surface area contributed by atoms with Gasteiger partial charge in [-0.15, -0.1) is 0 Å². The summed E-state index contributed by atoms with van der Waals surface area (Å²) in [5.41, 5.74) is 0. The van der Waals surface area contributed by atoms with Crippen LogP contribution in [0.5, 0.6) is 0 Å². The molecule has 0 aromatic heterocycles. The van der Waals surface area contributed by atoms with Crippen molar-refractivity contribution in [3.63, 3.8) is 0 Å². The van der Waals surface area contributed by atoms with Crippen molar-refractivity contribution in [2.75, 3.05) is 0 Å². The van der Waals surface area contributed by atoms with Crippen molar-refractivity contribution in [3.05, 3.63) is 25.3 Å². The van der Waals surface area contributed by atoms with Crippen LogP contribution >= 0.6 is 0 Å². The van der Waals surface area contributed by atoms with E-state index in [0.717, 1.165) is 6.92 Å². The number of carbonyl (C=O) groups is 4. The smallest absolute Gasteiger partial charge is 0.423 e. The first-order chi connectivity index (χ1) is 8.24. The number of esters is 3. The molecular weight excluding hydrogens is 248 g/mol. The monoisotopic (exact) mass is 258 g/mol. The van der Waals surface area contributed by atoms with Crippen LogP contribution < -0.4 is 0 Å². The first-order valence-corrected chi connectivity index (χ1v) is 4.41. The zero-order valence-corrected chi connectivity index (χ0v) is 9.37. The summed E-state index contributed by atoms with van der Waals surface area (Å²) in [7, 11) is 0. The van der Waals surface area contributed by atoms with Gasteiger partial charge in [-0.3, -0.25) is 0 Å². The van der Waals surface area contributed by atoms with E-state index in [2.05, 4.69) is 27.4 Å². The number of ether oxygens (including phenoxy) is 3.